The summed E-state index contributed by atoms with van der Waals surface area (Å²) in [6.07, 6.45) is 10.7. The number of aromatic nitrogens is 2. The molecule has 4 heteroatoms. The highest BCUT2D eigenvalue weighted by Gasteiger charge is 2.15. The fraction of sp³-hybridized carbons (Fsp3) is 0.444. The Kier molecular flexibility index (Phi) is 4.43. The minimum atomic E-state index is 0.607. The van der Waals surface area contributed by atoms with Crippen LogP contribution in [-0.4, -0.2) is 16.9 Å². The molecule has 3 rings (SSSR count). The highest BCUT2D eigenvalue weighted by molar-refractivity contribution is 5.70. The average Bonchev–Trinajstić information content (AvgIpc) is 3.03. The molecule has 1 aromatic heterocycles. The third-order valence-electron chi connectivity index (χ3n) is 4.44. The van der Waals surface area contributed by atoms with Gasteiger partial charge in [-0.1, -0.05) is 19.3 Å². The van der Waals surface area contributed by atoms with E-state index in [1.54, 1.807) is 13.2 Å². The van der Waals surface area contributed by atoms with Gasteiger partial charge in [-0.05, 0) is 37.0 Å². The van der Waals surface area contributed by atoms with Gasteiger partial charge in [0.1, 0.15) is 5.75 Å². The Hall–Kier alpha value is -2.28. The van der Waals surface area contributed by atoms with E-state index in [-0.39, 0.29) is 0 Å². The highest BCUT2D eigenvalue weighted by atomic mass is 16.5. The Morgan fingerprint density at radius 3 is 2.86 bits per heavy atom. The van der Waals surface area contributed by atoms with Crippen LogP contribution in [0, 0.1) is 17.2 Å². The molecule has 0 amide bonds. The van der Waals surface area contributed by atoms with Crippen LogP contribution in [0.25, 0.3) is 11.1 Å². The quantitative estimate of drug-likeness (QED) is 0.856. The number of hydrogen-bond acceptors (Lipinski definition) is 3. The van der Waals surface area contributed by atoms with Gasteiger partial charge in [0.2, 0.25) is 0 Å². The molecule has 22 heavy (non-hydrogen) atoms. The molecule has 1 aliphatic rings. The van der Waals surface area contributed by atoms with Crippen molar-refractivity contribution in [2.75, 3.05) is 7.11 Å². The van der Waals surface area contributed by atoms with E-state index >= 15 is 0 Å². The predicted molar refractivity (Wildman–Crippen MR) is 85.5 cm³/mol. The number of nitriles is 1. The number of hydrogen-bond donors (Lipinski definition) is 0. The topological polar surface area (TPSA) is 50.8 Å². The normalized spacial score (nSPS) is 15.5. The first-order chi connectivity index (χ1) is 10.8. The van der Waals surface area contributed by atoms with Crippen LogP contribution in [0.2, 0.25) is 0 Å². The maximum atomic E-state index is 8.98. The predicted octanol–water partition coefficient (Wildman–Crippen LogP) is 4.01. The SMILES string of the molecule is COc1cc(C#N)ccc1-c1cnn(CC2CCCCC2)c1. The van der Waals surface area contributed by atoms with Crippen molar-refractivity contribution in [3.8, 4) is 22.9 Å². The van der Waals surface area contributed by atoms with E-state index in [0.717, 1.165) is 29.3 Å². The number of benzene rings is 1. The lowest BCUT2D eigenvalue weighted by atomic mass is 9.89. The van der Waals surface area contributed by atoms with Crippen LogP contribution in [0.1, 0.15) is 37.7 Å². The first kappa shape index (κ1) is 14.6. The molecule has 0 spiro atoms. The largest absolute Gasteiger partial charge is 0.496 e. The second kappa shape index (κ2) is 6.65. The maximum Gasteiger partial charge on any atom is 0.128 e. The lowest BCUT2D eigenvalue weighted by Gasteiger charge is -2.21. The Bertz CT molecular complexity index is 678. The number of ether oxygens (including phenoxy) is 1. The van der Waals surface area contributed by atoms with Crippen molar-refractivity contribution < 1.29 is 4.74 Å². The molecule has 1 fully saturated rings. The molecule has 0 radical (unpaired) electrons. The first-order valence-corrected chi connectivity index (χ1v) is 7.91. The second-order valence-electron chi connectivity index (χ2n) is 5.98. The number of rotatable bonds is 4. The Morgan fingerprint density at radius 1 is 1.32 bits per heavy atom. The van der Waals surface area contributed by atoms with Crippen molar-refractivity contribution in [2.24, 2.45) is 5.92 Å². The third kappa shape index (κ3) is 3.14. The molecule has 0 bridgehead atoms. The fourth-order valence-corrected chi connectivity index (χ4v) is 3.24. The van der Waals surface area contributed by atoms with Crippen LogP contribution in [0.3, 0.4) is 0 Å². The first-order valence-electron chi connectivity index (χ1n) is 7.91. The smallest absolute Gasteiger partial charge is 0.128 e. The summed E-state index contributed by atoms with van der Waals surface area (Å²) in [7, 11) is 1.63. The van der Waals surface area contributed by atoms with Crippen molar-refractivity contribution in [3.05, 3.63) is 36.2 Å². The summed E-state index contributed by atoms with van der Waals surface area (Å²) in [6.45, 7) is 0.999. The van der Waals surface area contributed by atoms with E-state index in [2.05, 4.69) is 17.4 Å². The van der Waals surface area contributed by atoms with Crippen molar-refractivity contribution >= 4 is 0 Å². The molecule has 1 aliphatic carbocycles. The van der Waals surface area contributed by atoms with Gasteiger partial charge in [-0.25, -0.2) is 0 Å². The zero-order chi connectivity index (χ0) is 15.4. The Labute approximate surface area is 131 Å². The van der Waals surface area contributed by atoms with Crippen LogP contribution in [-0.2, 0) is 6.54 Å². The van der Waals surface area contributed by atoms with Gasteiger partial charge in [0.15, 0.2) is 0 Å². The molecule has 0 aliphatic heterocycles. The molecule has 1 saturated carbocycles. The molecule has 1 aromatic carbocycles. The zero-order valence-corrected chi connectivity index (χ0v) is 13.0. The van der Waals surface area contributed by atoms with E-state index in [1.807, 2.05) is 23.0 Å². The molecule has 0 unspecified atom stereocenters. The van der Waals surface area contributed by atoms with E-state index in [0.29, 0.717) is 5.56 Å². The fourth-order valence-electron chi connectivity index (χ4n) is 3.24. The Morgan fingerprint density at radius 2 is 2.14 bits per heavy atom. The number of nitrogens with zero attached hydrogens (tertiary/aromatic N) is 3. The molecule has 2 aromatic rings. The van der Waals surface area contributed by atoms with Gasteiger partial charge in [-0.3, -0.25) is 4.68 Å². The van der Waals surface area contributed by atoms with Gasteiger partial charge in [0.05, 0.1) is 24.9 Å². The summed E-state index contributed by atoms with van der Waals surface area (Å²) in [5, 5.41) is 13.5. The van der Waals surface area contributed by atoms with Crippen LogP contribution >= 0.6 is 0 Å². The minimum Gasteiger partial charge on any atom is -0.496 e. The monoisotopic (exact) mass is 295 g/mol. The maximum absolute atomic E-state index is 8.98. The molecule has 114 valence electrons. The van der Waals surface area contributed by atoms with Crippen LogP contribution < -0.4 is 4.74 Å². The minimum absolute atomic E-state index is 0.607. The lowest BCUT2D eigenvalue weighted by molar-refractivity contribution is 0.308. The summed E-state index contributed by atoms with van der Waals surface area (Å²) in [5.41, 5.74) is 2.63. The van der Waals surface area contributed by atoms with E-state index in [9.17, 15) is 0 Å². The van der Waals surface area contributed by atoms with Gasteiger partial charge in [-0.2, -0.15) is 10.4 Å². The lowest BCUT2D eigenvalue weighted by Crippen LogP contribution is -2.14. The molecule has 0 N–H and O–H groups in total. The summed E-state index contributed by atoms with van der Waals surface area (Å²) in [4.78, 5) is 0. The summed E-state index contributed by atoms with van der Waals surface area (Å²) in [6, 6.07) is 7.66. The molecule has 4 nitrogen and oxygen atoms in total. The van der Waals surface area contributed by atoms with Gasteiger partial charge in [0, 0.05) is 23.9 Å². The summed E-state index contributed by atoms with van der Waals surface area (Å²) < 4.78 is 7.46. The van der Waals surface area contributed by atoms with Crippen LogP contribution in [0.4, 0.5) is 0 Å². The van der Waals surface area contributed by atoms with E-state index in [1.165, 1.54) is 32.1 Å². The second-order valence-corrected chi connectivity index (χ2v) is 5.98. The van der Waals surface area contributed by atoms with Gasteiger partial charge in [0.25, 0.3) is 0 Å². The van der Waals surface area contributed by atoms with Gasteiger partial charge < -0.3 is 4.74 Å². The zero-order valence-electron chi connectivity index (χ0n) is 13.0. The van der Waals surface area contributed by atoms with E-state index < -0.39 is 0 Å². The highest BCUT2D eigenvalue weighted by Crippen LogP contribution is 2.31. The summed E-state index contributed by atoms with van der Waals surface area (Å²) >= 11 is 0. The van der Waals surface area contributed by atoms with Crippen molar-refractivity contribution in [2.45, 2.75) is 38.6 Å². The van der Waals surface area contributed by atoms with Gasteiger partial charge in [-0.15, -0.1) is 0 Å². The number of methoxy groups -OCH3 is 1. The molecule has 0 atom stereocenters. The summed E-state index contributed by atoms with van der Waals surface area (Å²) in [5.74, 6) is 1.47. The average molecular weight is 295 g/mol. The van der Waals surface area contributed by atoms with Crippen molar-refractivity contribution in [1.29, 1.82) is 5.26 Å². The van der Waals surface area contributed by atoms with Crippen molar-refractivity contribution in [1.82, 2.24) is 9.78 Å². The standard InChI is InChI=1S/C18H21N3O/c1-22-18-9-15(10-19)7-8-17(18)16-11-20-21(13-16)12-14-5-3-2-4-6-14/h7-9,11,13-14H,2-6,12H2,1H3. The molecular weight excluding hydrogens is 274 g/mol. The Balaban J connectivity index is 1.80. The van der Waals surface area contributed by atoms with Crippen LogP contribution in [0.5, 0.6) is 5.75 Å². The van der Waals surface area contributed by atoms with Gasteiger partial charge >= 0.3 is 0 Å². The molecule has 1 heterocycles. The van der Waals surface area contributed by atoms with E-state index in [4.69, 9.17) is 10.00 Å². The third-order valence-corrected chi connectivity index (χ3v) is 4.44. The molecular formula is C18H21N3O. The van der Waals surface area contributed by atoms with Crippen molar-refractivity contribution in [3.63, 3.8) is 0 Å². The molecule has 0 saturated heterocycles. The van der Waals surface area contributed by atoms with Crippen LogP contribution in [0.15, 0.2) is 30.6 Å².